The monoisotopic (exact) mass is 680 g/mol. The van der Waals surface area contributed by atoms with Crippen LogP contribution in [0.25, 0.3) is 0 Å². The number of rotatable bonds is 19. The number of carbonyl (C=O) groups is 9. The lowest BCUT2D eigenvalue weighted by Gasteiger charge is -2.34. The van der Waals surface area contributed by atoms with Crippen LogP contribution in [0, 0.1) is 23.7 Å². The van der Waals surface area contributed by atoms with Crippen LogP contribution < -0.4 is 26.6 Å². The number of aldehydes is 1. The molecular formula is C31H48N6O11. The van der Waals surface area contributed by atoms with Crippen LogP contribution in [0.3, 0.4) is 0 Å². The second kappa shape index (κ2) is 17.5. The quantitative estimate of drug-likeness (QED) is 0.0776. The lowest BCUT2D eigenvalue weighted by Crippen LogP contribution is -2.61. The van der Waals surface area contributed by atoms with Gasteiger partial charge in [-0.05, 0) is 42.9 Å². The third-order valence-corrected chi connectivity index (χ3v) is 8.46. The number of nitrogens with one attached hydrogen (secondary N) is 5. The molecule has 0 spiro atoms. The van der Waals surface area contributed by atoms with E-state index in [9.17, 15) is 48.3 Å². The van der Waals surface area contributed by atoms with Crippen LogP contribution in [-0.2, 0) is 43.2 Å². The molecule has 1 aliphatic carbocycles. The van der Waals surface area contributed by atoms with E-state index in [-0.39, 0.29) is 18.3 Å². The molecule has 1 saturated heterocycles. The summed E-state index contributed by atoms with van der Waals surface area (Å²) in [7, 11) is 0. The second-order valence-corrected chi connectivity index (χ2v) is 13.1. The first-order chi connectivity index (χ1) is 22.4. The smallest absolute Gasteiger partial charge is 0.305 e. The Kier molecular flexibility index (Phi) is 14.5. The van der Waals surface area contributed by atoms with Crippen LogP contribution in [0.2, 0.25) is 0 Å². The zero-order valence-corrected chi connectivity index (χ0v) is 28.1. The number of nitrogens with zero attached hydrogens (tertiary/aromatic N) is 1. The fourth-order valence-electron chi connectivity index (χ4n) is 5.69. The molecule has 0 radical (unpaired) electrons. The van der Waals surface area contributed by atoms with E-state index in [4.69, 9.17) is 5.11 Å². The number of likely N-dealkylation sites (tertiary alicyclic amines) is 1. The molecule has 2 aliphatic rings. The van der Waals surface area contributed by atoms with Gasteiger partial charge >= 0.3 is 11.9 Å². The lowest BCUT2D eigenvalue weighted by atomic mass is 9.98. The normalized spacial score (nSPS) is 21.1. The topological polar surface area (TPSA) is 257 Å². The molecule has 17 heteroatoms. The Morgan fingerprint density at radius 2 is 1.38 bits per heavy atom. The van der Waals surface area contributed by atoms with Gasteiger partial charge in [0.1, 0.15) is 36.5 Å². The average molecular weight is 681 g/mol. The lowest BCUT2D eigenvalue weighted by molar-refractivity contribution is -0.144. The van der Waals surface area contributed by atoms with Crippen molar-refractivity contribution in [3.05, 3.63) is 0 Å². The largest absolute Gasteiger partial charge is 0.481 e. The number of carboxylic acid groups (broad SMARTS) is 2. The van der Waals surface area contributed by atoms with Gasteiger partial charge in [0, 0.05) is 19.9 Å². The van der Waals surface area contributed by atoms with Crippen molar-refractivity contribution in [2.45, 2.75) is 110 Å². The van der Waals surface area contributed by atoms with Crippen molar-refractivity contribution in [3.63, 3.8) is 0 Å². The average Bonchev–Trinajstić information content (AvgIpc) is 3.65. The molecule has 0 bridgehead atoms. The van der Waals surface area contributed by atoms with Crippen molar-refractivity contribution >= 4 is 53.7 Å². The van der Waals surface area contributed by atoms with Crippen molar-refractivity contribution in [3.8, 4) is 0 Å². The van der Waals surface area contributed by atoms with E-state index in [2.05, 4.69) is 26.6 Å². The van der Waals surface area contributed by atoms with E-state index in [0.29, 0.717) is 19.3 Å². The number of carbonyl (C=O) groups excluding carboxylic acids is 7. The van der Waals surface area contributed by atoms with Gasteiger partial charge < -0.3 is 46.5 Å². The van der Waals surface area contributed by atoms with Crippen LogP contribution in [0.1, 0.15) is 73.6 Å². The first-order valence-corrected chi connectivity index (χ1v) is 16.1. The van der Waals surface area contributed by atoms with Crippen LogP contribution in [0.5, 0.6) is 0 Å². The molecule has 8 unspecified atom stereocenters. The summed E-state index contributed by atoms with van der Waals surface area (Å²) in [4.78, 5) is 114. The van der Waals surface area contributed by atoms with Crippen LogP contribution in [-0.4, -0.2) is 112 Å². The summed E-state index contributed by atoms with van der Waals surface area (Å²) < 4.78 is 0. The zero-order chi connectivity index (χ0) is 36.5. The third kappa shape index (κ3) is 11.0. The highest BCUT2D eigenvalue weighted by Crippen LogP contribution is 2.49. The summed E-state index contributed by atoms with van der Waals surface area (Å²) >= 11 is 0. The molecule has 0 aromatic heterocycles. The van der Waals surface area contributed by atoms with Gasteiger partial charge in [0.05, 0.1) is 12.5 Å². The number of hydrogen-bond donors (Lipinski definition) is 7. The molecule has 0 aromatic carbocycles. The maximum atomic E-state index is 13.8. The van der Waals surface area contributed by atoms with E-state index in [1.54, 1.807) is 34.6 Å². The summed E-state index contributed by atoms with van der Waals surface area (Å²) in [5, 5.41) is 30.7. The van der Waals surface area contributed by atoms with Gasteiger partial charge in [-0.3, -0.25) is 38.4 Å². The minimum absolute atomic E-state index is 0.0555. The molecule has 48 heavy (non-hydrogen) atoms. The predicted octanol–water partition coefficient (Wildman–Crippen LogP) is -1.46. The Balaban J connectivity index is 2.22. The number of amides is 6. The van der Waals surface area contributed by atoms with Crippen molar-refractivity contribution < 1.29 is 53.4 Å². The summed E-state index contributed by atoms with van der Waals surface area (Å²) in [6.07, 6.45) is 0.0527. The van der Waals surface area contributed by atoms with Gasteiger partial charge in [0.2, 0.25) is 35.4 Å². The van der Waals surface area contributed by atoms with Gasteiger partial charge in [-0.15, -0.1) is 0 Å². The second-order valence-electron chi connectivity index (χ2n) is 13.1. The molecule has 17 nitrogen and oxygen atoms in total. The molecule has 6 amide bonds. The van der Waals surface area contributed by atoms with E-state index in [1.165, 1.54) is 4.90 Å². The highest BCUT2D eigenvalue weighted by Gasteiger charge is 2.57. The number of piperidine rings is 1. The molecular weight excluding hydrogens is 632 g/mol. The fourth-order valence-corrected chi connectivity index (χ4v) is 5.69. The van der Waals surface area contributed by atoms with Crippen molar-refractivity contribution in [2.75, 3.05) is 6.54 Å². The minimum atomic E-state index is -1.71. The molecule has 7 N–H and O–H groups in total. The summed E-state index contributed by atoms with van der Waals surface area (Å²) in [5.74, 6) is -8.05. The van der Waals surface area contributed by atoms with Crippen LogP contribution in [0.4, 0.5) is 0 Å². The Morgan fingerprint density at radius 3 is 1.88 bits per heavy atom. The summed E-state index contributed by atoms with van der Waals surface area (Å²) in [6.45, 7) is 9.76. The fraction of sp³-hybridized carbons (Fsp3) is 0.710. The Hall–Kier alpha value is -4.57. The first kappa shape index (κ1) is 39.6. The van der Waals surface area contributed by atoms with Gasteiger partial charge in [-0.25, -0.2) is 0 Å². The van der Waals surface area contributed by atoms with Gasteiger partial charge in [0.25, 0.3) is 0 Å². The number of aliphatic carboxylic acids is 2. The Labute approximate surface area is 278 Å². The van der Waals surface area contributed by atoms with Crippen molar-refractivity contribution in [1.82, 2.24) is 31.5 Å². The van der Waals surface area contributed by atoms with E-state index in [0.717, 1.165) is 13.3 Å². The molecule has 2 fully saturated rings. The van der Waals surface area contributed by atoms with E-state index in [1.807, 2.05) is 0 Å². The van der Waals surface area contributed by atoms with Crippen LogP contribution >= 0.6 is 0 Å². The molecule has 1 heterocycles. The highest BCUT2D eigenvalue weighted by molar-refractivity contribution is 5.98. The molecule has 268 valence electrons. The maximum absolute atomic E-state index is 13.8. The van der Waals surface area contributed by atoms with Gasteiger partial charge in [-0.1, -0.05) is 34.6 Å². The standard InChI is InChI=1S/C31H48N6O11/c1-7-18(13-38)33-30(47)26-19-10-17(19)12-37(26)31(48)25(15(4)5)36-29(46)24(14(2)3)35-28(45)21(11-23(42)43)34-27(44)20(32-16(6)39)8-9-22(40)41/h13-15,17-21,24-26H,7-12H2,1-6H3,(H,32,39)(H,33,47)(H,34,44)(H,35,45)(H,36,46)(H,40,41)(H,42,43). The Morgan fingerprint density at radius 1 is 0.792 bits per heavy atom. The van der Waals surface area contributed by atoms with E-state index < -0.39 is 108 Å². The van der Waals surface area contributed by atoms with Crippen LogP contribution in [0.15, 0.2) is 0 Å². The Bertz CT molecular complexity index is 1270. The molecule has 0 aromatic rings. The predicted molar refractivity (Wildman–Crippen MR) is 168 cm³/mol. The number of hydrogen-bond acceptors (Lipinski definition) is 9. The minimum Gasteiger partial charge on any atom is -0.481 e. The SMILES string of the molecule is CCC(C=O)NC(=O)C1C2CC2CN1C(=O)C(NC(=O)C(NC(=O)C(CC(=O)O)NC(=O)C(CCC(=O)O)NC(C)=O)C(C)C)C(C)C. The van der Waals surface area contributed by atoms with Crippen molar-refractivity contribution in [1.29, 1.82) is 0 Å². The molecule has 8 atom stereocenters. The molecule has 1 saturated carbocycles. The third-order valence-electron chi connectivity index (χ3n) is 8.46. The summed E-state index contributed by atoms with van der Waals surface area (Å²) in [5.41, 5.74) is 0. The number of fused-ring (bicyclic) bond motifs is 1. The van der Waals surface area contributed by atoms with Crippen molar-refractivity contribution in [2.24, 2.45) is 23.7 Å². The van der Waals surface area contributed by atoms with Gasteiger partial charge in [-0.2, -0.15) is 0 Å². The van der Waals surface area contributed by atoms with E-state index >= 15 is 0 Å². The summed E-state index contributed by atoms with van der Waals surface area (Å²) in [6, 6.07) is -6.97. The first-order valence-electron chi connectivity index (χ1n) is 16.1. The van der Waals surface area contributed by atoms with Gasteiger partial charge in [0.15, 0.2) is 0 Å². The molecule has 2 rings (SSSR count). The highest BCUT2D eigenvalue weighted by atomic mass is 16.4. The molecule has 1 aliphatic heterocycles. The number of carboxylic acids is 2. The maximum Gasteiger partial charge on any atom is 0.305 e. The zero-order valence-electron chi connectivity index (χ0n) is 28.1.